The number of hydrogen-bond donors (Lipinski definition) is 3. The number of hydrazine groups is 1. The molecule has 2 atom stereocenters. The third-order valence-electron chi connectivity index (χ3n) is 3.65. The molecule has 0 bridgehead atoms. The summed E-state index contributed by atoms with van der Waals surface area (Å²) in [7, 11) is 1.69. The standard InChI is InChI=1S/C14H21N3O2/c1-9-6-7-11(17-15)10(8-9)14(18)16-12-4-3-5-13(12)19-2/h6-8,12-13,17H,3-5,15H2,1-2H3,(H,16,18). The van der Waals surface area contributed by atoms with E-state index >= 15 is 0 Å². The zero-order valence-electron chi connectivity index (χ0n) is 11.4. The molecular formula is C14H21N3O2. The second-order valence-electron chi connectivity index (χ2n) is 4.98. The van der Waals surface area contributed by atoms with Crippen LogP contribution in [0.15, 0.2) is 18.2 Å². The Hall–Kier alpha value is -1.59. The number of hydrogen-bond acceptors (Lipinski definition) is 4. The summed E-state index contributed by atoms with van der Waals surface area (Å²) in [6, 6.07) is 5.65. The van der Waals surface area contributed by atoms with Crippen molar-refractivity contribution in [2.45, 2.75) is 38.3 Å². The van der Waals surface area contributed by atoms with Crippen LogP contribution in [-0.4, -0.2) is 25.2 Å². The molecule has 0 heterocycles. The Labute approximate surface area is 113 Å². The topological polar surface area (TPSA) is 76.4 Å². The van der Waals surface area contributed by atoms with Crippen LogP contribution in [-0.2, 0) is 4.74 Å². The zero-order valence-corrected chi connectivity index (χ0v) is 11.4. The smallest absolute Gasteiger partial charge is 0.253 e. The van der Waals surface area contributed by atoms with Gasteiger partial charge in [-0.25, -0.2) is 0 Å². The molecule has 0 radical (unpaired) electrons. The maximum atomic E-state index is 12.3. The molecule has 5 nitrogen and oxygen atoms in total. The average molecular weight is 263 g/mol. The van der Waals surface area contributed by atoms with Crippen molar-refractivity contribution in [2.75, 3.05) is 12.5 Å². The predicted molar refractivity (Wildman–Crippen MR) is 74.9 cm³/mol. The van der Waals surface area contributed by atoms with E-state index in [0.717, 1.165) is 24.8 Å². The number of ether oxygens (including phenoxy) is 1. The number of nitrogen functional groups attached to an aromatic ring is 1. The fraction of sp³-hybridized carbons (Fsp3) is 0.500. The van der Waals surface area contributed by atoms with Crippen LogP contribution in [0.2, 0.25) is 0 Å². The van der Waals surface area contributed by atoms with Crippen LogP contribution in [0.5, 0.6) is 0 Å². The van der Waals surface area contributed by atoms with Gasteiger partial charge in [0.1, 0.15) is 0 Å². The molecule has 2 unspecified atom stereocenters. The molecule has 19 heavy (non-hydrogen) atoms. The van der Waals surface area contributed by atoms with Crippen LogP contribution in [0, 0.1) is 6.92 Å². The van der Waals surface area contributed by atoms with Gasteiger partial charge >= 0.3 is 0 Å². The highest BCUT2D eigenvalue weighted by molar-refractivity contribution is 6.00. The fourth-order valence-corrected chi connectivity index (χ4v) is 2.59. The van der Waals surface area contributed by atoms with Crippen molar-refractivity contribution in [3.63, 3.8) is 0 Å². The zero-order chi connectivity index (χ0) is 13.8. The third kappa shape index (κ3) is 3.05. The molecule has 0 aromatic heterocycles. The first kappa shape index (κ1) is 13.8. The summed E-state index contributed by atoms with van der Waals surface area (Å²) in [6.07, 6.45) is 3.15. The van der Waals surface area contributed by atoms with Crippen molar-refractivity contribution in [3.05, 3.63) is 29.3 Å². The minimum Gasteiger partial charge on any atom is -0.379 e. The molecule has 104 valence electrons. The van der Waals surface area contributed by atoms with Crippen LogP contribution < -0.4 is 16.6 Å². The van der Waals surface area contributed by atoms with Crippen molar-refractivity contribution in [1.29, 1.82) is 0 Å². The van der Waals surface area contributed by atoms with Crippen molar-refractivity contribution >= 4 is 11.6 Å². The monoisotopic (exact) mass is 263 g/mol. The molecule has 2 rings (SSSR count). The van der Waals surface area contributed by atoms with Gasteiger partial charge in [0, 0.05) is 7.11 Å². The van der Waals surface area contributed by atoms with E-state index in [-0.39, 0.29) is 18.1 Å². The number of nitrogens with one attached hydrogen (secondary N) is 2. The van der Waals surface area contributed by atoms with Crippen molar-refractivity contribution in [3.8, 4) is 0 Å². The lowest BCUT2D eigenvalue weighted by Gasteiger charge is -2.20. The van der Waals surface area contributed by atoms with E-state index in [9.17, 15) is 4.79 Å². The number of aryl methyl sites for hydroxylation is 1. The molecule has 1 aliphatic rings. The highest BCUT2D eigenvalue weighted by atomic mass is 16.5. The molecule has 5 heteroatoms. The van der Waals surface area contributed by atoms with Gasteiger partial charge in [0.2, 0.25) is 0 Å². The highest BCUT2D eigenvalue weighted by Crippen LogP contribution is 2.23. The maximum absolute atomic E-state index is 12.3. The van der Waals surface area contributed by atoms with Gasteiger partial charge in [-0.3, -0.25) is 10.6 Å². The van der Waals surface area contributed by atoms with Crippen molar-refractivity contribution in [2.24, 2.45) is 5.84 Å². The first-order valence-corrected chi connectivity index (χ1v) is 6.56. The van der Waals surface area contributed by atoms with Gasteiger partial charge in [0.25, 0.3) is 5.91 Å². The number of amides is 1. The molecule has 0 spiro atoms. The lowest BCUT2D eigenvalue weighted by Crippen LogP contribution is -2.41. The minimum atomic E-state index is -0.106. The van der Waals surface area contributed by atoms with Gasteiger partial charge in [-0.2, -0.15) is 0 Å². The van der Waals surface area contributed by atoms with Crippen LogP contribution in [0.4, 0.5) is 5.69 Å². The van der Waals surface area contributed by atoms with Crippen molar-refractivity contribution < 1.29 is 9.53 Å². The van der Waals surface area contributed by atoms with Gasteiger partial charge in [0.05, 0.1) is 23.4 Å². The van der Waals surface area contributed by atoms with Crippen LogP contribution >= 0.6 is 0 Å². The summed E-state index contributed by atoms with van der Waals surface area (Å²) in [5.74, 6) is 5.34. The van der Waals surface area contributed by atoms with Gasteiger partial charge in [0.15, 0.2) is 0 Å². The number of rotatable bonds is 4. The van der Waals surface area contributed by atoms with Gasteiger partial charge < -0.3 is 15.5 Å². The minimum absolute atomic E-state index is 0.0867. The van der Waals surface area contributed by atoms with E-state index in [1.54, 1.807) is 7.11 Å². The van der Waals surface area contributed by atoms with Crippen LogP contribution in [0.25, 0.3) is 0 Å². The molecule has 1 saturated carbocycles. The number of methoxy groups -OCH3 is 1. The second kappa shape index (κ2) is 6.04. The normalized spacial score (nSPS) is 22.3. The molecule has 1 aromatic rings. The fourth-order valence-electron chi connectivity index (χ4n) is 2.59. The third-order valence-corrected chi connectivity index (χ3v) is 3.65. The first-order valence-electron chi connectivity index (χ1n) is 6.56. The molecular weight excluding hydrogens is 242 g/mol. The first-order chi connectivity index (χ1) is 9.15. The van der Waals surface area contributed by atoms with Gasteiger partial charge in [-0.1, -0.05) is 11.6 Å². The SMILES string of the molecule is COC1CCCC1NC(=O)c1cc(C)ccc1NN. The summed E-state index contributed by atoms with van der Waals surface area (Å²) in [6.45, 7) is 1.95. The van der Waals surface area contributed by atoms with E-state index in [1.807, 2.05) is 25.1 Å². The molecule has 1 aromatic carbocycles. The Morgan fingerprint density at radius 1 is 1.42 bits per heavy atom. The summed E-state index contributed by atoms with van der Waals surface area (Å²) >= 11 is 0. The Kier molecular flexibility index (Phi) is 4.39. The lowest BCUT2D eigenvalue weighted by molar-refractivity contribution is 0.0722. The summed E-state index contributed by atoms with van der Waals surface area (Å²) in [5.41, 5.74) is 4.80. The molecule has 1 amide bonds. The largest absolute Gasteiger partial charge is 0.379 e. The number of benzene rings is 1. The summed E-state index contributed by atoms with van der Waals surface area (Å²) in [5, 5.41) is 3.04. The maximum Gasteiger partial charge on any atom is 0.253 e. The van der Waals surface area contributed by atoms with Crippen LogP contribution in [0.1, 0.15) is 35.2 Å². The molecule has 1 fully saturated rings. The number of carbonyl (C=O) groups excluding carboxylic acids is 1. The Balaban J connectivity index is 2.13. The van der Waals surface area contributed by atoms with E-state index in [0.29, 0.717) is 11.3 Å². The summed E-state index contributed by atoms with van der Waals surface area (Å²) < 4.78 is 5.39. The van der Waals surface area contributed by atoms with Crippen LogP contribution in [0.3, 0.4) is 0 Å². The lowest BCUT2D eigenvalue weighted by atomic mass is 10.1. The van der Waals surface area contributed by atoms with E-state index in [1.165, 1.54) is 0 Å². The van der Waals surface area contributed by atoms with E-state index < -0.39 is 0 Å². The van der Waals surface area contributed by atoms with Crippen molar-refractivity contribution in [1.82, 2.24) is 5.32 Å². The number of nitrogens with two attached hydrogens (primary N) is 1. The number of carbonyl (C=O) groups is 1. The average Bonchev–Trinajstić information content (AvgIpc) is 2.85. The van der Waals surface area contributed by atoms with E-state index in [2.05, 4.69) is 10.7 Å². The highest BCUT2D eigenvalue weighted by Gasteiger charge is 2.29. The Morgan fingerprint density at radius 2 is 2.21 bits per heavy atom. The predicted octanol–water partition coefficient (Wildman–Crippen LogP) is 1.58. The molecule has 0 aliphatic heterocycles. The number of anilines is 1. The Morgan fingerprint density at radius 3 is 2.89 bits per heavy atom. The van der Waals surface area contributed by atoms with E-state index in [4.69, 9.17) is 10.6 Å². The second-order valence-corrected chi connectivity index (χ2v) is 4.98. The molecule has 4 N–H and O–H groups in total. The summed E-state index contributed by atoms with van der Waals surface area (Å²) in [4.78, 5) is 12.3. The van der Waals surface area contributed by atoms with Gasteiger partial charge in [-0.05, 0) is 38.3 Å². The quantitative estimate of drug-likeness (QED) is 0.569. The van der Waals surface area contributed by atoms with Gasteiger partial charge in [-0.15, -0.1) is 0 Å². The molecule has 0 saturated heterocycles. The molecule has 1 aliphatic carbocycles. The Bertz CT molecular complexity index is 462.